The van der Waals surface area contributed by atoms with Crippen molar-refractivity contribution in [1.82, 2.24) is 9.88 Å². The Morgan fingerprint density at radius 2 is 1.83 bits per heavy atom. The highest BCUT2D eigenvalue weighted by Gasteiger charge is 2.37. The molecule has 152 valence electrons. The average Bonchev–Trinajstić information content (AvgIpc) is 3.28. The van der Waals surface area contributed by atoms with Crippen LogP contribution in [0.15, 0.2) is 24.3 Å². The Bertz CT molecular complexity index is 945. The molecule has 1 saturated heterocycles. The van der Waals surface area contributed by atoms with E-state index in [1.165, 1.54) is 11.3 Å². The monoisotopic (exact) mass is 412 g/mol. The molecule has 2 aromatic rings. The van der Waals surface area contributed by atoms with Crippen LogP contribution in [0.4, 0.5) is 5.13 Å². The lowest BCUT2D eigenvalue weighted by atomic mass is 9.95. The quantitative estimate of drug-likeness (QED) is 0.805. The molecule has 1 aliphatic carbocycles. The number of nitrogens with zero attached hydrogens (tertiary/aromatic N) is 2. The number of hydrogen-bond donors (Lipinski definition) is 2. The van der Waals surface area contributed by atoms with Crippen molar-refractivity contribution in [2.45, 2.75) is 38.5 Å². The van der Waals surface area contributed by atoms with E-state index in [1.54, 1.807) is 12.1 Å². The minimum absolute atomic E-state index is 0.0633. The third-order valence-electron chi connectivity index (χ3n) is 5.76. The standard InChI is InChI=1S/C21H24N4O3S/c1-12-2-4-14(5-3-12)19(27)24-21-23-17-15(6-7-16(17)29-21)20(28)25-10-8-13(9-11-25)18(22)26/h2-5,13,15H,6-11H2,1H3,(H2,22,26)(H,23,24,27)/t15-/m1/s1. The number of amides is 3. The highest BCUT2D eigenvalue weighted by atomic mass is 32.1. The molecule has 1 aromatic heterocycles. The number of aromatic nitrogens is 1. The summed E-state index contributed by atoms with van der Waals surface area (Å²) in [7, 11) is 0. The lowest BCUT2D eigenvalue weighted by Gasteiger charge is -2.32. The number of fused-ring (bicyclic) bond motifs is 1. The molecule has 2 heterocycles. The molecular formula is C21H24N4O3S. The van der Waals surface area contributed by atoms with Crippen molar-refractivity contribution in [1.29, 1.82) is 0 Å². The second kappa shape index (κ2) is 7.94. The molecule has 1 aromatic carbocycles. The summed E-state index contributed by atoms with van der Waals surface area (Å²) in [5.74, 6) is -0.826. The zero-order chi connectivity index (χ0) is 20.5. The molecule has 0 unspecified atom stereocenters. The molecule has 1 atom stereocenters. The first-order valence-electron chi connectivity index (χ1n) is 9.88. The fourth-order valence-electron chi connectivity index (χ4n) is 4.00. The average molecular weight is 413 g/mol. The Kier molecular flexibility index (Phi) is 5.36. The number of likely N-dealkylation sites (tertiary alicyclic amines) is 1. The zero-order valence-electron chi connectivity index (χ0n) is 16.3. The van der Waals surface area contributed by atoms with Gasteiger partial charge in [0, 0.05) is 29.4 Å². The number of benzene rings is 1. The first-order valence-corrected chi connectivity index (χ1v) is 10.7. The van der Waals surface area contributed by atoms with Gasteiger partial charge >= 0.3 is 0 Å². The van der Waals surface area contributed by atoms with Gasteiger partial charge in [-0.05, 0) is 44.7 Å². The Balaban J connectivity index is 1.42. The van der Waals surface area contributed by atoms with Gasteiger partial charge in [0.25, 0.3) is 5.91 Å². The first-order chi connectivity index (χ1) is 13.9. The van der Waals surface area contributed by atoms with E-state index in [9.17, 15) is 14.4 Å². The second-order valence-electron chi connectivity index (χ2n) is 7.74. The van der Waals surface area contributed by atoms with Gasteiger partial charge in [-0.1, -0.05) is 17.7 Å². The van der Waals surface area contributed by atoms with Crippen molar-refractivity contribution in [3.05, 3.63) is 46.0 Å². The number of anilines is 1. The molecular weight excluding hydrogens is 388 g/mol. The van der Waals surface area contributed by atoms with E-state index < -0.39 is 0 Å². The first kappa shape index (κ1) is 19.6. The number of nitrogens with one attached hydrogen (secondary N) is 1. The van der Waals surface area contributed by atoms with Crippen molar-refractivity contribution in [2.24, 2.45) is 11.7 Å². The topological polar surface area (TPSA) is 105 Å². The Hall–Kier alpha value is -2.74. The van der Waals surface area contributed by atoms with Crippen LogP contribution in [0.5, 0.6) is 0 Å². The summed E-state index contributed by atoms with van der Waals surface area (Å²) < 4.78 is 0. The summed E-state index contributed by atoms with van der Waals surface area (Å²) in [5.41, 5.74) is 7.84. The molecule has 8 heteroatoms. The lowest BCUT2D eigenvalue weighted by molar-refractivity contribution is -0.136. The predicted molar refractivity (Wildman–Crippen MR) is 111 cm³/mol. The van der Waals surface area contributed by atoms with Crippen molar-refractivity contribution >= 4 is 34.2 Å². The van der Waals surface area contributed by atoms with Crippen molar-refractivity contribution in [3.8, 4) is 0 Å². The van der Waals surface area contributed by atoms with Gasteiger partial charge in [0.1, 0.15) is 0 Å². The minimum Gasteiger partial charge on any atom is -0.369 e. The molecule has 0 spiro atoms. The summed E-state index contributed by atoms with van der Waals surface area (Å²) in [4.78, 5) is 44.3. The second-order valence-corrected chi connectivity index (χ2v) is 8.82. The number of carbonyl (C=O) groups is 3. The van der Waals surface area contributed by atoms with E-state index in [0.29, 0.717) is 36.6 Å². The molecule has 4 rings (SSSR count). The molecule has 0 saturated carbocycles. The molecule has 3 amide bonds. The van der Waals surface area contributed by atoms with Crippen LogP contribution < -0.4 is 11.1 Å². The lowest BCUT2D eigenvalue weighted by Crippen LogP contribution is -2.43. The Morgan fingerprint density at radius 1 is 1.14 bits per heavy atom. The molecule has 0 bridgehead atoms. The number of nitrogens with two attached hydrogens (primary N) is 1. The van der Waals surface area contributed by atoms with Crippen LogP contribution in [0.25, 0.3) is 0 Å². The maximum Gasteiger partial charge on any atom is 0.257 e. The maximum atomic E-state index is 13.0. The van der Waals surface area contributed by atoms with E-state index in [1.807, 2.05) is 24.0 Å². The molecule has 0 radical (unpaired) electrons. The predicted octanol–water partition coefficient (Wildman–Crippen LogP) is 2.46. The van der Waals surface area contributed by atoms with Crippen molar-refractivity contribution < 1.29 is 14.4 Å². The van der Waals surface area contributed by atoms with Crippen LogP contribution in [-0.4, -0.2) is 40.7 Å². The largest absolute Gasteiger partial charge is 0.369 e. The summed E-state index contributed by atoms with van der Waals surface area (Å²) in [5, 5.41) is 3.39. The highest BCUT2D eigenvalue weighted by molar-refractivity contribution is 7.16. The van der Waals surface area contributed by atoms with Gasteiger partial charge in [0.05, 0.1) is 11.6 Å². The number of piperidine rings is 1. The van der Waals surface area contributed by atoms with Crippen LogP contribution in [0.3, 0.4) is 0 Å². The summed E-state index contributed by atoms with van der Waals surface area (Å²) in [6, 6.07) is 7.36. The fraction of sp³-hybridized carbons (Fsp3) is 0.429. The van der Waals surface area contributed by atoms with Crippen LogP contribution >= 0.6 is 11.3 Å². The van der Waals surface area contributed by atoms with Gasteiger partial charge in [0.15, 0.2) is 5.13 Å². The smallest absolute Gasteiger partial charge is 0.257 e. The minimum atomic E-state index is -0.284. The normalized spacial score (nSPS) is 19.1. The van der Waals surface area contributed by atoms with Crippen LogP contribution in [0.2, 0.25) is 0 Å². The summed E-state index contributed by atoms with van der Waals surface area (Å²) in [6.07, 6.45) is 2.78. The van der Waals surface area contributed by atoms with Crippen LogP contribution in [0, 0.1) is 12.8 Å². The van der Waals surface area contributed by atoms with E-state index >= 15 is 0 Å². The number of thiazole rings is 1. The van der Waals surface area contributed by atoms with E-state index in [4.69, 9.17) is 5.73 Å². The Morgan fingerprint density at radius 3 is 2.48 bits per heavy atom. The van der Waals surface area contributed by atoms with Crippen LogP contribution in [-0.2, 0) is 16.0 Å². The molecule has 1 aliphatic heterocycles. The molecule has 7 nitrogen and oxygen atoms in total. The fourth-order valence-corrected chi connectivity index (χ4v) is 5.03. The SMILES string of the molecule is Cc1ccc(C(=O)Nc2nc3c(s2)CC[C@H]3C(=O)N2CCC(C(N)=O)CC2)cc1. The third-order valence-corrected chi connectivity index (χ3v) is 6.81. The highest BCUT2D eigenvalue weighted by Crippen LogP contribution is 2.39. The van der Waals surface area contributed by atoms with E-state index in [-0.39, 0.29) is 29.6 Å². The van der Waals surface area contributed by atoms with Gasteiger partial charge in [-0.25, -0.2) is 4.98 Å². The van der Waals surface area contributed by atoms with Crippen molar-refractivity contribution in [3.63, 3.8) is 0 Å². The van der Waals surface area contributed by atoms with Gasteiger partial charge in [-0.2, -0.15) is 0 Å². The number of primary amides is 1. The summed E-state index contributed by atoms with van der Waals surface area (Å²) in [6.45, 7) is 3.08. The maximum absolute atomic E-state index is 13.0. The van der Waals surface area contributed by atoms with Crippen molar-refractivity contribution in [2.75, 3.05) is 18.4 Å². The van der Waals surface area contributed by atoms with E-state index in [0.717, 1.165) is 29.0 Å². The summed E-state index contributed by atoms with van der Waals surface area (Å²) >= 11 is 1.45. The van der Waals surface area contributed by atoms with Gasteiger partial charge in [-0.15, -0.1) is 11.3 Å². The van der Waals surface area contributed by atoms with Gasteiger partial charge in [-0.3, -0.25) is 19.7 Å². The molecule has 2 aliphatic rings. The molecule has 3 N–H and O–H groups in total. The zero-order valence-corrected chi connectivity index (χ0v) is 17.1. The number of hydrogen-bond acceptors (Lipinski definition) is 5. The van der Waals surface area contributed by atoms with Gasteiger partial charge in [0.2, 0.25) is 11.8 Å². The van der Waals surface area contributed by atoms with Gasteiger partial charge < -0.3 is 10.6 Å². The number of rotatable bonds is 4. The molecule has 1 fully saturated rings. The third kappa shape index (κ3) is 4.03. The molecule has 29 heavy (non-hydrogen) atoms. The number of carbonyl (C=O) groups excluding carboxylic acids is 3. The number of aryl methyl sites for hydroxylation is 2. The Labute approximate surface area is 173 Å². The van der Waals surface area contributed by atoms with E-state index in [2.05, 4.69) is 10.3 Å². The van der Waals surface area contributed by atoms with Crippen LogP contribution in [0.1, 0.15) is 51.7 Å².